The number of rotatable bonds is 3. The standard InChI is InChI=1S/C8H17N3O3/c1-8(2,3)10-9-6(12)5-11(4)7(13)14/h10H,5H2,1-4H3,(H,9,12)(H,13,14). The Hall–Kier alpha value is -1.30. The predicted octanol–water partition coefficient (Wildman–Crippen LogP) is 0.0155. The van der Waals surface area contributed by atoms with E-state index in [0.717, 1.165) is 4.90 Å². The highest BCUT2D eigenvalue weighted by molar-refractivity contribution is 5.81. The molecule has 0 atom stereocenters. The molecule has 0 aliphatic heterocycles. The normalized spacial score (nSPS) is 10.9. The minimum absolute atomic E-state index is 0.182. The van der Waals surface area contributed by atoms with E-state index in [0.29, 0.717) is 0 Å². The highest BCUT2D eigenvalue weighted by atomic mass is 16.4. The molecule has 14 heavy (non-hydrogen) atoms. The molecule has 0 spiro atoms. The van der Waals surface area contributed by atoms with Crippen LogP contribution in [0.15, 0.2) is 0 Å². The van der Waals surface area contributed by atoms with Crippen molar-refractivity contribution < 1.29 is 14.7 Å². The molecule has 0 heterocycles. The lowest BCUT2D eigenvalue weighted by atomic mass is 10.1. The van der Waals surface area contributed by atoms with Gasteiger partial charge >= 0.3 is 6.09 Å². The summed E-state index contributed by atoms with van der Waals surface area (Å²) in [4.78, 5) is 22.4. The number of hydrogen-bond donors (Lipinski definition) is 3. The average molecular weight is 203 g/mol. The van der Waals surface area contributed by atoms with Gasteiger partial charge in [0.1, 0.15) is 6.54 Å². The molecule has 0 unspecified atom stereocenters. The first-order valence-electron chi connectivity index (χ1n) is 4.22. The Balaban J connectivity index is 3.83. The number of carbonyl (C=O) groups is 2. The summed E-state index contributed by atoms with van der Waals surface area (Å²) in [6.07, 6.45) is -1.13. The van der Waals surface area contributed by atoms with E-state index < -0.39 is 6.09 Å². The molecule has 0 aromatic heterocycles. The molecule has 0 bridgehead atoms. The van der Waals surface area contributed by atoms with E-state index in [1.165, 1.54) is 7.05 Å². The summed E-state index contributed by atoms with van der Waals surface area (Å²) in [6, 6.07) is 0. The van der Waals surface area contributed by atoms with Crippen LogP contribution in [0, 0.1) is 0 Å². The van der Waals surface area contributed by atoms with Gasteiger partial charge in [-0.3, -0.25) is 10.2 Å². The largest absolute Gasteiger partial charge is 0.465 e. The number of carbonyl (C=O) groups excluding carboxylic acids is 1. The summed E-state index contributed by atoms with van der Waals surface area (Å²) < 4.78 is 0. The average Bonchev–Trinajstić information content (AvgIpc) is 1.99. The fraction of sp³-hybridized carbons (Fsp3) is 0.750. The zero-order chi connectivity index (χ0) is 11.4. The van der Waals surface area contributed by atoms with Crippen LogP contribution in [0.2, 0.25) is 0 Å². The summed E-state index contributed by atoms with van der Waals surface area (Å²) in [5.74, 6) is -0.384. The molecule has 6 heteroatoms. The molecular formula is C8H17N3O3. The van der Waals surface area contributed by atoms with Gasteiger partial charge in [-0.15, -0.1) is 0 Å². The lowest BCUT2D eigenvalue weighted by Crippen LogP contribution is -2.51. The van der Waals surface area contributed by atoms with Gasteiger partial charge in [0, 0.05) is 12.6 Å². The van der Waals surface area contributed by atoms with Crippen molar-refractivity contribution >= 4 is 12.0 Å². The lowest BCUT2D eigenvalue weighted by Gasteiger charge is -2.21. The first-order chi connectivity index (χ1) is 6.22. The molecule has 0 saturated heterocycles. The van der Waals surface area contributed by atoms with E-state index >= 15 is 0 Å². The van der Waals surface area contributed by atoms with E-state index in [-0.39, 0.29) is 18.0 Å². The van der Waals surface area contributed by atoms with E-state index in [2.05, 4.69) is 10.9 Å². The summed E-state index contributed by atoms with van der Waals surface area (Å²) in [5, 5.41) is 8.48. The Morgan fingerprint density at radius 1 is 1.36 bits per heavy atom. The number of likely N-dealkylation sites (N-methyl/N-ethyl adjacent to an activating group) is 1. The summed E-state index contributed by atoms with van der Waals surface area (Å²) in [6.45, 7) is 5.47. The van der Waals surface area contributed by atoms with Crippen molar-refractivity contribution in [1.29, 1.82) is 0 Å². The van der Waals surface area contributed by atoms with Gasteiger partial charge in [-0.25, -0.2) is 10.2 Å². The molecule has 0 saturated carbocycles. The summed E-state index contributed by atoms with van der Waals surface area (Å²) in [7, 11) is 1.33. The van der Waals surface area contributed by atoms with Gasteiger partial charge in [-0.2, -0.15) is 0 Å². The van der Waals surface area contributed by atoms with Crippen LogP contribution in [0.3, 0.4) is 0 Å². The second-order valence-electron chi connectivity index (χ2n) is 4.06. The molecule has 0 aliphatic rings. The molecule has 82 valence electrons. The number of hydrazine groups is 1. The van der Waals surface area contributed by atoms with Crippen LogP contribution in [0.5, 0.6) is 0 Å². The Bertz CT molecular complexity index is 222. The van der Waals surface area contributed by atoms with E-state index in [4.69, 9.17) is 5.11 Å². The highest BCUT2D eigenvalue weighted by Gasteiger charge is 2.13. The molecule has 0 radical (unpaired) electrons. The highest BCUT2D eigenvalue weighted by Crippen LogP contribution is 1.95. The van der Waals surface area contributed by atoms with Crippen molar-refractivity contribution in [3.8, 4) is 0 Å². The first kappa shape index (κ1) is 12.7. The maximum Gasteiger partial charge on any atom is 0.407 e. The van der Waals surface area contributed by atoms with Gasteiger partial charge in [0.05, 0.1) is 0 Å². The molecule has 0 rings (SSSR count). The van der Waals surface area contributed by atoms with Crippen molar-refractivity contribution in [3.63, 3.8) is 0 Å². The van der Waals surface area contributed by atoms with Crippen LogP contribution in [-0.4, -0.2) is 41.1 Å². The molecular weight excluding hydrogens is 186 g/mol. The SMILES string of the molecule is CN(CC(=O)NNC(C)(C)C)C(=O)O. The summed E-state index contributed by atoms with van der Waals surface area (Å²) >= 11 is 0. The second-order valence-corrected chi connectivity index (χ2v) is 4.06. The lowest BCUT2D eigenvalue weighted by molar-refractivity contribution is -0.123. The Labute approximate surface area is 83.2 Å². The third kappa shape index (κ3) is 6.24. The second kappa shape index (κ2) is 4.80. The number of carboxylic acid groups (broad SMARTS) is 1. The van der Waals surface area contributed by atoms with Crippen molar-refractivity contribution in [2.75, 3.05) is 13.6 Å². The third-order valence-electron chi connectivity index (χ3n) is 1.28. The smallest absolute Gasteiger partial charge is 0.407 e. The Kier molecular flexibility index (Phi) is 4.36. The Morgan fingerprint density at radius 2 is 1.86 bits per heavy atom. The first-order valence-corrected chi connectivity index (χ1v) is 4.22. The quantitative estimate of drug-likeness (QED) is 0.564. The van der Waals surface area contributed by atoms with Crippen LogP contribution in [0.25, 0.3) is 0 Å². The Morgan fingerprint density at radius 3 is 2.21 bits per heavy atom. The van der Waals surface area contributed by atoms with E-state index in [1.54, 1.807) is 0 Å². The van der Waals surface area contributed by atoms with Crippen LogP contribution < -0.4 is 10.9 Å². The minimum Gasteiger partial charge on any atom is -0.465 e. The summed E-state index contributed by atoms with van der Waals surface area (Å²) in [5.41, 5.74) is 4.92. The zero-order valence-corrected chi connectivity index (χ0v) is 8.92. The zero-order valence-electron chi connectivity index (χ0n) is 8.92. The minimum atomic E-state index is -1.13. The molecule has 0 fully saturated rings. The fourth-order valence-electron chi connectivity index (χ4n) is 0.580. The number of nitrogens with zero attached hydrogens (tertiary/aromatic N) is 1. The third-order valence-corrected chi connectivity index (χ3v) is 1.28. The van der Waals surface area contributed by atoms with Crippen LogP contribution in [-0.2, 0) is 4.79 Å². The van der Waals surface area contributed by atoms with Gasteiger partial charge in [0.25, 0.3) is 5.91 Å². The van der Waals surface area contributed by atoms with Crippen molar-refractivity contribution in [1.82, 2.24) is 15.8 Å². The van der Waals surface area contributed by atoms with E-state index in [9.17, 15) is 9.59 Å². The monoisotopic (exact) mass is 203 g/mol. The van der Waals surface area contributed by atoms with Crippen LogP contribution in [0.4, 0.5) is 4.79 Å². The van der Waals surface area contributed by atoms with Crippen molar-refractivity contribution in [2.24, 2.45) is 0 Å². The van der Waals surface area contributed by atoms with Gasteiger partial charge in [-0.05, 0) is 20.8 Å². The van der Waals surface area contributed by atoms with Gasteiger partial charge in [0.15, 0.2) is 0 Å². The maximum atomic E-state index is 11.1. The predicted molar refractivity (Wildman–Crippen MR) is 51.7 cm³/mol. The molecule has 0 aromatic carbocycles. The van der Waals surface area contributed by atoms with Crippen LogP contribution in [0.1, 0.15) is 20.8 Å². The molecule has 6 nitrogen and oxygen atoms in total. The van der Waals surface area contributed by atoms with Gasteiger partial charge < -0.3 is 10.0 Å². The van der Waals surface area contributed by atoms with Crippen molar-refractivity contribution in [3.05, 3.63) is 0 Å². The van der Waals surface area contributed by atoms with Crippen LogP contribution >= 0.6 is 0 Å². The molecule has 3 N–H and O–H groups in total. The van der Waals surface area contributed by atoms with Gasteiger partial charge in [-0.1, -0.05) is 0 Å². The topological polar surface area (TPSA) is 81.7 Å². The number of amides is 2. The molecule has 0 aliphatic carbocycles. The van der Waals surface area contributed by atoms with Gasteiger partial charge in [0.2, 0.25) is 0 Å². The number of hydrogen-bond acceptors (Lipinski definition) is 3. The van der Waals surface area contributed by atoms with Crippen molar-refractivity contribution in [2.45, 2.75) is 26.3 Å². The molecule has 0 aromatic rings. The van der Waals surface area contributed by atoms with E-state index in [1.807, 2.05) is 20.8 Å². The molecule has 2 amide bonds. The maximum absolute atomic E-state index is 11.1. The number of nitrogens with one attached hydrogen (secondary N) is 2. The fourth-order valence-corrected chi connectivity index (χ4v) is 0.580.